The van der Waals surface area contributed by atoms with Gasteiger partial charge in [-0.3, -0.25) is 0 Å². The van der Waals surface area contributed by atoms with E-state index in [1.165, 1.54) is 33.9 Å². The summed E-state index contributed by atoms with van der Waals surface area (Å²) in [7, 11) is 0. The molecule has 162 valence electrons. The van der Waals surface area contributed by atoms with Crippen LogP contribution in [0.3, 0.4) is 0 Å². The Kier molecular flexibility index (Phi) is 4.59. The molecule has 1 fully saturated rings. The summed E-state index contributed by atoms with van der Waals surface area (Å²) < 4.78 is 2.00. The van der Waals surface area contributed by atoms with Gasteiger partial charge in [0.15, 0.2) is 5.82 Å². The van der Waals surface area contributed by atoms with Crippen molar-refractivity contribution in [2.45, 2.75) is 33.1 Å². The number of benzene rings is 2. The van der Waals surface area contributed by atoms with E-state index in [1.807, 2.05) is 22.7 Å². The van der Waals surface area contributed by atoms with Crippen LogP contribution in [0, 0.1) is 13.8 Å². The molecule has 2 aromatic carbocycles. The molecule has 0 spiro atoms. The molecule has 0 saturated carbocycles. The minimum Gasteiger partial charge on any atom is -0.368 e. The van der Waals surface area contributed by atoms with Crippen LogP contribution in [-0.2, 0) is 12.8 Å². The fourth-order valence-corrected chi connectivity index (χ4v) is 5.13. The van der Waals surface area contributed by atoms with Crippen LogP contribution in [0.25, 0.3) is 17.2 Å². The van der Waals surface area contributed by atoms with Crippen molar-refractivity contribution in [3.05, 3.63) is 70.9 Å². The number of aromatic nitrogens is 4. The molecule has 1 aliphatic heterocycles. The number of rotatable bonds is 3. The Hall–Kier alpha value is -3.41. The largest absolute Gasteiger partial charge is 0.368 e. The van der Waals surface area contributed by atoms with Crippen LogP contribution in [0.4, 0.5) is 11.5 Å². The van der Waals surface area contributed by atoms with Crippen molar-refractivity contribution in [2.24, 2.45) is 0 Å². The molecular weight excluding hydrogens is 396 g/mol. The molecule has 1 saturated heterocycles. The Morgan fingerprint density at radius 3 is 2.38 bits per heavy atom. The number of piperazine rings is 1. The number of aryl methyl sites for hydroxylation is 2. The summed E-state index contributed by atoms with van der Waals surface area (Å²) in [5.74, 6) is 2.67. The lowest BCUT2D eigenvalue weighted by Crippen LogP contribution is -2.47. The first kappa shape index (κ1) is 19.3. The van der Waals surface area contributed by atoms with Crippen molar-refractivity contribution in [3.63, 3.8) is 0 Å². The SMILES string of the molecule is Cc1cccc(N2CCN(c3c4c(nc5nc(-c6ccccc6)nn35)CCC4)CC2)c1C. The van der Waals surface area contributed by atoms with Crippen molar-refractivity contribution in [1.29, 1.82) is 0 Å². The van der Waals surface area contributed by atoms with Crippen LogP contribution in [0.15, 0.2) is 48.5 Å². The molecule has 1 aliphatic carbocycles. The van der Waals surface area contributed by atoms with Crippen molar-refractivity contribution in [3.8, 4) is 11.4 Å². The molecule has 2 aromatic heterocycles. The molecule has 0 amide bonds. The molecule has 6 nitrogen and oxygen atoms in total. The van der Waals surface area contributed by atoms with Crippen LogP contribution in [0.2, 0.25) is 0 Å². The summed E-state index contributed by atoms with van der Waals surface area (Å²) in [6, 6.07) is 16.8. The van der Waals surface area contributed by atoms with Gasteiger partial charge in [-0.15, -0.1) is 5.10 Å². The summed E-state index contributed by atoms with van der Waals surface area (Å²) >= 11 is 0. The minimum atomic E-state index is 0.719. The fourth-order valence-electron chi connectivity index (χ4n) is 5.13. The second-order valence-corrected chi connectivity index (χ2v) is 8.92. The Morgan fingerprint density at radius 1 is 0.781 bits per heavy atom. The van der Waals surface area contributed by atoms with Crippen LogP contribution < -0.4 is 9.80 Å². The quantitative estimate of drug-likeness (QED) is 0.493. The highest BCUT2D eigenvalue weighted by molar-refractivity contribution is 5.63. The highest BCUT2D eigenvalue weighted by Crippen LogP contribution is 2.33. The lowest BCUT2D eigenvalue weighted by molar-refractivity contribution is 0.634. The summed E-state index contributed by atoms with van der Waals surface area (Å²) in [4.78, 5) is 14.7. The number of anilines is 2. The highest BCUT2D eigenvalue weighted by atomic mass is 15.4. The van der Waals surface area contributed by atoms with E-state index in [0.717, 1.165) is 62.6 Å². The van der Waals surface area contributed by atoms with E-state index in [2.05, 4.69) is 54.0 Å². The molecule has 4 aromatic rings. The summed E-state index contributed by atoms with van der Waals surface area (Å²) in [5, 5.41) is 4.93. The van der Waals surface area contributed by atoms with Gasteiger partial charge in [-0.2, -0.15) is 9.50 Å². The third-order valence-electron chi connectivity index (χ3n) is 7.01. The first-order valence-corrected chi connectivity index (χ1v) is 11.6. The Labute approximate surface area is 188 Å². The molecule has 32 heavy (non-hydrogen) atoms. The Balaban J connectivity index is 1.36. The molecule has 0 atom stereocenters. The van der Waals surface area contributed by atoms with E-state index in [1.54, 1.807) is 0 Å². The first-order valence-electron chi connectivity index (χ1n) is 11.6. The van der Waals surface area contributed by atoms with Gasteiger partial charge >= 0.3 is 0 Å². The van der Waals surface area contributed by atoms with Crippen LogP contribution in [-0.4, -0.2) is 45.8 Å². The van der Waals surface area contributed by atoms with Gasteiger partial charge in [0, 0.05) is 43.0 Å². The average molecular weight is 425 g/mol. The Morgan fingerprint density at radius 2 is 1.56 bits per heavy atom. The summed E-state index contributed by atoms with van der Waals surface area (Å²) in [5.41, 5.74) is 7.70. The number of hydrogen-bond donors (Lipinski definition) is 0. The predicted molar refractivity (Wildman–Crippen MR) is 129 cm³/mol. The van der Waals surface area contributed by atoms with E-state index < -0.39 is 0 Å². The van der Waals surface area contributed by atoms with E-state index in [4.69, 9.17) is 15.1 Å². The molecule has 6 rings (SSSR count). The van der Waals surface area contributed by atoms with Gasteiger partial charge in [-0.1, -0.05) is 42.5 Å². The maximum atomic E-state index is 4.93. The van der Waals surface area contributed by atoms with Gasteiger partial charge in [0.2, 0.25) is 0 Å². The van der Waals surface area contributed by atoms with Crippen molar-refractivity contribution in [2.75, 3.05) is 36.0 Å². The summed E-state index contributed by atoms with van der Waals surface area (Å²) in [6.45, 7) is 8.38. The van der Waals surface area contributed by atoms with Crippen LogP contribution in [0.5, 0.6) is 0 Å². The molecular formula is C26H28N6. The zero-order valence-corrected chi connectivity index (χ0v) is 18.8. The van der Waals surface area contributed by atoms with Gasteiger partial charge in [-0.25, -0.2) is 4.98 Å². The number of hydrogen-bond acceptors (Lipinski definition) is 5. The van der Waals surface area contributed by atoms with Gasteiger partial charge in [0.25, 0.3) is 5.78 Å². The molecule has 0 unspecified atom stereocenters. The molecule has 0 bridgehead atoms. The predicted octanol–water partition coefficient (Wildman–Crippen LogP) is 4.22. The smallest absolute Gasteiger partial charge is 0.254 e. The molecule has 2 aliphatic rings. The van der Waals surface area contributed by atoms with Gasteiger partial charge in [-0.05, 0) is 50.3 Å². The Bertz CT molecular complexity index is 1280. The van der Waals surface area contributed by atoms with E-state index in [-0.39, 0.29) is 0 Å². The van der Waals surface area contributed by atoms with E-state index in [9.17, 15) is 0 Å². The van der Waals surface area contributed by atoms with Crippen molar-refractivity contribution < 1.29 is 0 Å². The molecule has 3 heterocycles. The van der Waals surface area contributed by atoms with E-state index >= 15 is 0 Å². The molecule has 0 radical (unpaired) electrons. The average Bonchev–Trinajstić information content (AvgIpc) is 3.47. The third kappa shape index (κ3) is 3.13. The maximum absolute atomic E-state index is 4.93. The lowest BCUT2D eigenvalue weighted by Gasteiger charge is -2.38. The maximum Gasteiger partial charge on any atom is 0.254 e. The van der Waals surface area contributed by atoms with Gasteiger partial charge in [0.05, 0.1) is 5.69 Å². The van der Waals surface area contributed by atoms with Gasteiger partial charge < -0.3 is 9.80 Å². The number of nitrogens with zero attached hydrogens (tertiary/aromatic N) is 6. The topological polar surface area (TPSA) is 49.6 Å². The standard InChI is InChI=1S/C26H28N6/c1-18-8-6-13-23(19(18)2)30-14-16-31(17-15-30)25-21-11-7-12-22(21)27-26-28-24(29-32(25)26)20-9-4-3-5-10-20/h3-6,8-10,13H,7,11-12,14-17H2,1-2H3. The molecule has 6 heteroatoms. The normalized spacial score (nSPS) is 16.1. The van der Waals surface area contributed by atoms with Crippen molar-refractivity contribution in [1.82, 2.24) is 19.6 Å². The van der Waals surface area contributed by atoms with Crippen LogP contribution >= 0.6 is 0 Å². The lowest BCUT2D eigenvalue weighted by atomic mass is 10.1. The summed E-state index contributed by atoms with van der Waals surface area (Å²) in [6.07, 6.45) is 3.27. The first-order chi connectivity index (χ1) is 15.7. The second kappa shape index (κ2) is 7.62. The number of fused-ring (bicyclic) bond motifs is 2. The van der Waals surface area contributed by atoms with E-state index in [0.29, 0.717) is 0 Å². The molecule has 0 N–H and O–H groups in total. The second-order valence-electron chi connectivity index (χ2n) is 8.92. The van der Waals surface area contributed by atoms with Gasteiger partial charge in [0.1, 0.15) is 5.82 Å². The zero-order chi connectivity index (χ0) is 21.7. The van der Waals surface area contributed by atoms with Crippen molar-refractivity contribution >= 4 is 17.3 Å². The van der Waals surface area contributed by atoms with Crippen LogP contribution in [0.1, 0.15) is 28.8 Å². The highest BCUT2D eigenvalue weighted by Gasteiger charge is 2.28. The fraction of sp³-hybridized carbons (Fsp3) is 0.346. The zero-order valence-electron chi connectivity index (χ0n) is 18.8. The minimum absolute atomic E-state index is 0.719. The third-order valence-corrected chi connectivity index (χ3v) is 7.01. The monoisotopic (exact) mass is 424 g/mol.